The summed E-state index contributed by atoms with van der Waals surface area (Å²) >= 11 is 0. The molecule has 0 spiro atoms. The first-order valence-electron chi connectivity index (χ1n) is 9.29. The quantitative estimate of drug-likeness (QED) is 0.740. The number of carbonyl (C=O) groups is 1. The van der Waals surface area contributed by atoms with Gasteiger partial charge < -0.3 is 10.6 Å². The number of anilines is 1. The number of benzene rings is 1. The van der Waals surface area contributed by atoms with Crippen molar-refractivity contribution in [1.82, 2.24) is 15.3 Å². The number of rotatable bonds is 7. The molecule has 1 aliphatic carbocycles. The summed E-state index contributed by atoms with van der Waals surface area (Å²) in [5, 5.41) is 6.14. The maximum atomic E-state index is 12.2. The second-order valence-corrected chi connectivity index (χ2v) is 6.69. The van der Waals surface area contributed by atoms with E-state index in [2.05, 4.69) is 26.7 Å². The Bertz CT molecular complexity index is 768. The number of nitrogens with zero attached hydrogens (tertiary/aromatic N) is 2. The lowest BCUT2D eigenvalue weighted by atomic mass is 9.97. The van der Waals surface area contributed by atoms with Crippen LogP contribution < -0.4 is 10.6 Å². The zero-order valence-electron chi connectivity index (χ0n) is 15.3. The molecule has 1 heterocycles. The molecule has 5 nitrogen and oxygen atoms in total. The summed E-state index contributed by atoms with van der Waals surface area (Å²) < 4.78 is 0. The van der Waals surface area contributed by atoms with Crippen LogP contribution in [-0.4, -0.2) is 22.4 Å². The smallest absolute Gasteiger partial charge is 0.254 e. The van der Waals surface area contributed by atoms with E-state index in [1.165, 1.54) is 31.3 Å². The van der Waals surface area contributed by atoms with E-state index in [1.807, 2.05) is 31.2 Å². The van der Waals surface area contributed by atoms with E-state index >= 15 is 0 Å². The highest BCUT2D eigenvalue weighted by Crippen LogP contribution is 2.19. The van der Waals surface area contributed by atoms with E-state index in [4.69, 9.17) is 0 Å². The first-order chi connectivity index (χ1) is 12.7. The van der Waals surface area contributed by atoms with Crippen LogP contribution in [0.5, 0.6) is 0 Å². The van der Waals surface area contributed by atoms with Crippen LogP contribution in [0.2, 0.25) is 0 Å². The standard InChI is InChI=1S/C21H26N4O/c1-16-7-5-6-10-18(16)13-23-20(26)19-14-24-21(25-15-19)22-12-11-17-8-3-2-4-9-17/h5-8,10,14-15H,2-4,9,11-13H2,1H3,(H,23,26)(H,22,24,25). The Kier molecular flexibility index (Phi) is 6.36. The molecular formula is C21H26N4O. The van der Waals surface area contributed by atoms with Crippen molar-refractivity contribution >= 4 is 11.9 Å². The third-order valence-electron chi connectivity index (χ3n) is 4.73. The molecule has 136 valence electrons. The lowest BCUT2D eigenvalue weighted by Gasteiger charge is -2.13. The molecule has 0 saturated heterocycles. The highest BCUT2D eigenvalue weighted by Gasteiger charge is 2.08. The summed E-state index contributed by atoms with van der Waals surface area (Å²) in [7, 11) is 0. The fraction of sp³-hybridized carbons (Fsp3) is 0.381. The predicted molar refractivity (Wildman–Crippen MR) is 104 cm³/mol. The fourth-order valence-electron chi connectivity index (χ4n) is 3.09. The predicted octanol–water partition coefficient (Wildman–Crippen LogP) is 4.02. The van der Waals surface area contributed by atoms with Crippen LogP contribution in [0.4, 0.5) is 5.95 Å². The van der Waals surface area contributed by atoms with Crippen molar-refractivity contribution in [2.45, 2.75) is 45.6 Å². The molecule has 5 heteroatoms. The van der Waals surface area contributed by atoms with Crippen LogP contribution in [0.3, 0.4) is 0 Å². The monoisotopic (exact) mass is 350 g/mol. The lowest BCUT2D eigenvalue weighted by molar-refractivity contribution is 0.0950. The number of allylic oxidation sites excluding steroid dienone is 1. The minimum absolute atomic E-state index is 0.160. The van der Waals surface area contributed by atoms with Gasteiger partial charge in [-0.05, 0) is 50.2 Å². The molecule has 0 atom stereocenters. The van der Waals surface area contributed by atoms with E-state index in [9.17, 15) is 4.79 Å². The Balaban J connectivity index is 1.46. The molecule has 0 aliphatic heterocycles. The normalized spacial score (nSPS) is 13.8. The summed E-state index contributed by atoms with van der Waals surface area (Å²) in [6.45, 7) is 3.36. The van der Waals surface area contributed by atoms with Gasteiger partial charge in [0.05, 0.1) is 5.56 Å². The third kappa shape index (κ3) is 5.15. The van der Waals surface area contributed by atoms with Crippen LogP contribution in [-0.2, 0) is 6.54 Å². The Hall–Kier alpha value is -2.69. The van der Waals surface area contributed by atoms with E-state index in [0.717, 1.165) is 24.1 Å². The number of hydrogen-bond acceptors (Lipinski definition) is 4. The molecule has 0 bridgehead atoms. The van der Waals surface area contributed by atoms with Crippen molar-refractivity contribution in [2.24, 2.45) is 0 Å². The molecule has 0 saturated carbocycles. The van der Waals surface area contributed by atoms with Gasteiger partial charge in [-0.15, -0.1) is 0 Å². The first kappa shape index (κ1) is 18.1. The molecule has 1 aromatic heterocycles. The van der Waals surface area contributed by atoms with Gasteiger partial charge in [-0.25, -0.2) is 9.97 Å². The average molecular weight is 350 g/mol. The second kappa shape index (κ2) is 9.13. The van der Waals surface area contributed by atoms with Crippen LogP contribution in [0, 0.1) is 6.92 Å². The maximum absolute atomic E-state index is 12.2. The van der Waals surface area contributed by atoms with Gasteiger partial charge in [0.15, 0.2) is 0 Å². The van der Waals surface area contributed by atoms with Crippen molar-refractivity contribution in [3.8, 4) is 0 Å². The van der Waals surface area contributed by atoms with Crippen LogP contribution in [0.25, 0.3) is 0 Å². The van der Waals surface area contributed by atoms with Gasteiger partial charge in [-0.1, -0.05) is 35.9 Å². The van der Waals surface area contributed by atoms with E-state index in [1.54, 1.807) is 12.4 Å². The van der Waals surface area contributed by atoms with Crippen molar-refractivity contribution in [1.29, 1.82) is 0 Å². The maximum Gasteiger partial charge on any atom is 0.254 e. The van der Waals surface area contributed by atoms with Crippen molar-refractivity contribution < 1.29 is 4.79 Å². The van der Waals surface area contributed by atoms with Gasteiger partial charge in [0, 0.05) is 25.5 Å². The number of carbonyl (C=O) groups excluding carboxylic acids is 1. The molecule has 0 radical (unpaired) electrons. The molecule has 26 heavy (non-hydrogen) atoms. The lowest BCUT2D eigenvalue weighted by Crippen LogP contribution is -2.23. The van der Waals surface area contributed by atoms with Gasteiger partial charge >= 0.3 is 0 Å². The Morgan fingerprint density at radius 1 is 1.15 bits per heavy atom. The second-order valence-electron chi connectivity index (χ2n) is 6.69. The summed E-state index contributed by atoms with van der Waals surface area (Å²) in [6, 6.07) is 8.02. The van der Waals surface area contributed by atoms with Gasteiger partial charge in [0.1, 0.15) is 0 Å². The molecule has 1 amide bonds. The number of aromatic nitrogens is 2. The molecule has 0 unspecified atom stereocenters. The summed E-state index contributed by atoms with van der Waals surface area (Å²) in [5.74, 6) is 0.407. The minimum Gasteiger partial charge on any atom is -0.354 e. The number of amides is 1. The van der Waals surface area contributed by atoms with E-state index in [-0.39, 0.29) is 5.91 Å². The van der Waals surface area contributed by atoms with Gasteiger partial charge in [0.2, 0.25) is 5.95 Å². The van der Waals surface area contributed by atoms with E-state index < -0.39 is 0 Å². The van der Waals surface area contributed by atoms with E-state index in [0.29, 0.717) is 18.1 Å². The number of hydrogen-bond donors (Lipinski definition) is 2. The minimum atomic E-state index is -0.160. The largest absolute Gasteiger partial charge is 0.354 e. The Morgan fingerprint density at radius 2 is 1.96 bits per heavy atom. The fourth-order valence-corrected chi connectivity index (χ4v) is 3.09. The number of aryl methyl sites for hydroxylation is 1. The Morgan fingerprint density at radius 3 is 2.69 bits per heavy atom. The molecule has 2 aromatic rings. The topological polar surface area (TPSA) is 66.9 Å². The van der Waals surface area contributed by atoms with Gasteiger partial charge in [-0.2, -0.15) is 0 Å². The summed E-state index contributed by atoms with van der Waals surface area (Å²) in [5.41, 5.74) is 4.27. The molecular weight excluding hydrogens is 324 g/mol. The summed E-state index contributed by atoms with van der Waals surface area (Å²) in [6.07, 6.45) is 11.6. The molecule has 3 rings (SSSR count). The van der Waals surface area contributed by atoms with Crippen molar-refractivity contribution in [2.75, 3.05) is 11.9 Å². The molecule has 2 N–H and O–H groups in total. The SMILES string of the molecule is Cc1ccccc1CNC(=O)c1cnc(NCCC2=CCCCC2)nc1. The van der Waals surface area contributed by atoms with Gasteiger partial charge in [-0.3, -0.25) is 4.79 Å². The van der Waals surface area contributed by atoms with Crippen molar-refractivity contribution in [3.63, 3.8) is 0 Å². The first-order valence-corrected chi connectivity index (χ1v) is 9.29. The summed E-state index contributed by atoms with van der Waals surface area (Å²) in [4.78, 5) is 20.7. The average Bonchev–Trinajstić information content (AvgIpc) is 2.68. The van der Waals surface area contributed by atoms with Crippen LogP contribution >= 0.6 is 0 Å². The number of nitrogens with one attached hydrogen (secondary N) is 2. The van der Waals surface area contributed by atoms with Crippen LogP contribution in [0.1, 0.15) is 53.6 Å². The zero-order valence-corrected chi connectivity index (χ0v) is 15.3. The van der Waals surface area contributed by atoms with Crippen molar-refractivity contribution in [3.05, 3.63) is 65.0 Å². The van der Waals surface area contributed by atoms with Gasteiger partial charge in [0.25, 0.3) is 5.91 Å². The molecule has 1 aliphatic rings. The third-order valence-corrected chi connectivity index (χ3v) is 4.73. The molecule has 0 fully saturated rings. The highest BCUT2D eigenvalue weighted by atomic mass is 16.1. The van der Waals surface area contributed by atoms with Crippen LogP contribution in [0.15, 0.2) is 48.3 Å². The molecule has 1 aromatic carbocycles. The Labute approximate surface area is 155 Å². The zero-order chi connectivity index (χ0) is 18.2. The highest BCUT2D eigenvalue weighted by molar-refractivity contribution is 5.93.